The highest BCUT2D eigenvalue weighted by molar-refractivity contribution is 7.99. The summed E-state index contributed by atoms with van der Waals surface area (Å²) in [6, 6.07) is -11.1. The topological polar surface area (TPSA) is 43.9 Å². The molecule has 4 rings (SSSR count). The van der Waals surface area contributed by atoms with Gasteiger partial charge in [-0.25, -0.2) is 12.7 Å². The highest BCUT2D eigenvalue weighted by atomic mass is 32.2. The van der Waals surface area contributed by atoms with Gasteiger partial charge < -0.3 is 9.80 Å². The van der Waals surface area contributed by atoms with E-state index in [-0.39, 0.29) is 11.8 Å². The average Bonchev–Trinajstić information content (AvgIpc) is 2.99. The molecule has 1 saturated heterocycles. The summed E-state index contributed by atoms with van der Waals surface area (Å²) in [5.74, 6) is 0. The Bertz CT molecular complexity index is 2220. The minimum Gasteiger partial charge on any atom is -0.304 e. The molecule has 0 aliphatic carbocycles. The molecule has 160 valence electrons. The summed E-state index contributed by atoms with van der Waals surface area (Å²) in [5.41, 5.74) is -3.79. The van der Waals surface area contributed by atoms with E-state index < -0.39 is 164 Å². The molecule has 2 aromatic carbocycles. The first-order chi connectivity index (χ1) is 25.9. The van der Waals surface area contributed by atoms with Crippen molar-refractivity contribution < 1.29 is 48.2 Å². The first-order valence-electron chi connectivity index (χ1n) is 22.2. The molecule has 5 nitrogen and oxygen atoms in total. The molecule has 0 radical (unpaired) electrons. The average molecular weight is 473 g/mol. The first kappa shape index (κ1) is 5.83. The molecule has 1 fully saturated rings. The largest absolute Gasteiger partial charge is 0.304 e. The zero-order valence-corrected chi connectivity index (χ0v) is 16.1. The van der Waals surface area contributed by atoms with Gasteiger partial charge in [-0.05, 0) is 54.2 Å². The monoisotopic (exact) mass is 472 g/mol. The van der Waals surface area contributed by atoms with E-state index in [1.165, 1.54) is 0 Å². The minimum absolute atomic E-state index is 0.118. The maximum Gasteiger partial charge on any atom is 0.242 e. The Morgan fingerprint density at radius 2 is 1.97 bits per heavy atom. The maximum atomic E-state index is 13.9. The molecule has 0 N–H and O–H groups in total. The van der Waals surface area contributed by atoms with Gasteiger partial charge in [-0.3, -0.25) is 0 Å². The molecule has 0 amide bonds. The van der Waals surface area contributed by atoms with Crippen molar-refractivity contribution in [2.45, 2.75) is 21.1 Å². The van der Waals surface area contributed by atoms with E-state index in [4.69, 9.17) is 39.8 Å². The lowest BCUT2D eigenvalue weighted by molar-refractivity contribution is 0.156. The van der Waals surface area contributed by atoms with Gasteiger partial charge in [0, 0.05) is 85.0 Å². The van der Waals surface area contributed by atoms with Gasteiger partial charge in [0.15, 0.2) is 0 Å². The number of rotatable bonds is 5. The van der Waals surface area contributed by atoms with Crippen LogP contribution in [-0.2, 0) is 10.0 Å². The summed E-state index contributed by atoms with van der Waals surface area (Å²) in [6.45, 7) is -34.2. The summed E-state index contributed by atoms with van der Waals surface area (Å²) in [4.78, 5) is -5.39. The highest BCUT2D eigenvalue weighted by Crippen LogP contribution is 2.46. The highest BCUT2D eigenvalue weighted by Gasteiger charge is 2.25. The lowest BCUT2D eigenvalue weighted by Gasteiger charge is -2.32. The van der Waals surface area contributed by atoms with Crippen LogP contribution in [-0.4, -0.2) is 75.9 Å². The Morgan fingerprint density at radius 1 is 1.20 bits per heavy atom. The normalized spacial score (nSPS) is 42.5. The van der Waals surface area contributed by atoms with E-state index in [0.717, 1.165) is 0 Å². The molecule has 2 heterocycles. The number of piperazine rings is 1. The predicted molar refractivity (Wildman–Crippen MR) is 124 cm³/mol. The third-order valence-electron chi connectivity index (χ3n) is 3.51. The van der Waals surface area contributed by atoms with Crippen molar-refractivity contribution in [2.24, 2.45) is 0 Å². The maximum absolute atomic E-state index is 13.9. The Balaban J connectivity index is 2.28. The fraction of sp³-hybridized carbons (Fsp3) is 0.391. The third kappa shape index (κ3) is 4.36. The standard InChI is InChI=1S/C23H29N3O2S2/c1-24(2)30(27,28)18-10-11-23-21(17-18)19(20-7-4-5-9-22(20)29-23)8-6-12-26-15-13-25(3)14-16-26/h4-5,7-11,17H,6,12-16H2,1-3H3/b19-8-/i1D3,2D3,3D3,4D,5D,6D2,7D,8D,9D,10D,11D,12D2,13D2,14D2,15D2,16D2,17D. The smallest absolute Gasteiger partial charge is 0.242 e. The van der Waals surface area contributed by atoms with Crippen LogP contribution in [0.4, 0.5) is 0 Å². The quantitative estimate of drug-likeness (QED) is 0.569. The zero-order valence-electron chi connectivity index (χ0n) is 43.5. The predicted octanol–water partition coefficient (Wildman–Crippen LogP) is 3.47. The third-order valence-corrected chi connectivity index (χ3v) is 5.73. The lowest BCUT2D eigenvalue weighted by Crippen LogP contribution is -2.44. The van der Waals surface area contributed by atoms with Gasteiger partial charge in [-0.15, -0.1) is 0 Å². The molecule has 0 unspecified atom stereocenters. The van der Waals surface area contributed by atoms with Crippen molar-refractivity contribution in [2.75, 3.05) is 53.4 Å². The molecule has 0 saturated carbocycles. The molecule has 0 aromatic heterocycles. The van der Waals surface area contributed by atoms with E-state index in [2.05, 4.69) is 0 Å². The lowest BCUT2D eigenvalue weighted by atomic mass is 9.96. The van der Waals surface area contributed by atoms with Crippen LogP contribution in [0.15, 0.2) is 63.0 Å². The summed E-state index contributed by atoms with van der Waals surface area (Å²) >= 11 is 0.118. The summed E-state index contributed by atoms with van der Waals surface area (Å²) < 4.78 is 267. The van der Waals surface area contributed by atoms with Crippen LogP contribution < -0.4 is 0 Å². The SMILES string of the molecule is [2H]/C(=C1\c2c([2H])c([2H])c([2H])c([2H])c2Sc2c([2H])c([2H])c(S(=O)(=O)N(C([2H])([2H])[2H])C([2H])([2H])[2H])c([2H])c21)C([2H])([2H])C([2H])([2H])N1C([2H])([2H])C([2H])([2H])N(C([2H])([2H])[2H])C([2H])([2H])C1([2H])[2H]. The minimum atomic E-state index is -6.19. The van der Waals surface area contributed by atoms with Crippen LogP contribution in [0.1, 0.15) is 57.3 Å². The van der Waals surface area contributed by atoms with Crippen LogP contribution in [0.3, 0.4) is 0 Å². The van der Waals surface area contributed by atoms with Crippen LogP contribution in [0.25, 0.3) is 5.57 Å². The van der Waals surface area contributed by atoms with Gasteiger partial charge in [0.2, 0.25) is 10.0 Å². The molecular weight excluding hydrogens is 414 g/mol. The molecule has 0 spiro atoms. The number of benzene rings is 2. The Hall–Kier alpha value is -1.64. The van der Waals surface area contributed by atoms with E-state index in [9.17, 15) is 8.42 Å². The van der Waals surface area contributed by atoms with Gasteiger partial charge in [0.25, 0.3) is 0 Å². The van der Waals surface area contributed by atoms with E-state index in [0.29, 0.717) is 0 Å². The van der Waals surface area contributed by atoms with Gasteiger partial charge >= 0.3 is 0 Å². The van der Waals surface area contributed by atoms with Crippen LogP contribution in [0, 0.1) is 0 Å². The van der Waals surface area contributed by atoms with Crippen molar-refractivity contribution in [3.63, 3.8) is 0 Å². The second-order valence-corrected chi connectivity index (χ2v) is 8.08. The molecule has 0 atom stereocenters. The number of nitrogens with zero attached hydrogens (tertiary/aromatic N) is 3. The number of fused-ring (bicyclic) bond motifs is 2. The fourth-order valence-corrected chi connectivity index (χ4v) is 3.73. The van der Waals surface area contributed by atoms with Crippen molar-refractivity contribution in [3.8, 4) is 0 Å². The van der Waals surface area contributed by atoms with Crippen LogP contribution in [0.2, 0.25) is 0 Å². The molecule has 2 aliphatic heterocycles. The number of hydrogen-bond acceptors (Lipinski definition) is 5. The van der Waals surface area contributed by atoms with Gasteiger partial charge in [-0.1, -0.05) is 35.9 Å². The molecule has 2 aliphatic rings. The Labute approximate surface area is 225 Å². The summed E-state index contributed by atoms with van der Waals surface area (Å²) in [6.07, 6.45) is -4.49. The number of likely N-dealkylation sites (N-methyl/N-ethyl adjacent to an activating group) is 1. The van der Waals surface area contributed by atoms with Crippen molar-refractivity contribution in [1.29, 1.82) is 0 Å². The molecule has 30 heavy (non-hydrogen) atoms. The second-order valence-electron chi connectivity index (χ2n) is 5.34. The first-order valence-corrected chi connectivity index (χ1v) is 9.92. The van der Waals surface area contributed by atoms with Crippen molar-refractivity contribution >= 4 is 27.4 Å². The Morgan fingerprint density at radius 3 is 2.73 bits per heavy atom. The van der Waals surface area contributed by atoms with Gasteiger partial charge in [0.05, 0.1) is 15.9 Å². The zero-order chi connectivity index (χ0) is 46.5. The van der Waals surface area contributed by atoms with Crippen LogP contribution in [0.5, 0.6) is 0 Å². The molecule has 2 aromatic rings. The molecular formula is C23H29N3O2S2. The van der Waals surface area contributed by atoms with Crippen molar-refractivity contribution in [1.82, 2.24) is 14.1 Å². The van der Waals surface area contributed by atoms with E-state index in [1.54, 1.807) is 0 Å². The molecule has 0 bridgehead atoms. The van der Waals surface area contributed by atoms with Gasteiger partial charge in [-0.2, -0.15) is 0 Å². The van der Waals surface area contributed by atoms with E-state index >= 15 is 0 Å². The second kappa shape index (κ2) is 8.85. The fourth-order valence-electron chi connectivity index (χ4n) is 2.21. The van der Waals surface area contributed by atoms with Crippen molar-refractivity contribution in [3.05, 3.63) is 59.5 Å². The summed E-state index contributed by atoms with van der Waals surface area (Å²) in [7, 11) is -6.19. The van der Waals surface area contributed by atoms with Gasteiger partial charge in [0.1, 0.15) is 0 Å². The molecule has 7 heteroatoms. The van der Waals surface area contributed by atoms with Crippen LogP contribution >= 0.6 is 11.8 Å². The van der Waals surface area contributed by atoms with E-state index in [1.807, 2.05) is 0 Å². The number of hydrogen-bond donors (Lipinski definition) is 0. The Kier molecular flexibility index (Phi) is 1.72. The summed E-state index contributed by atoms with van der Waals surface area (Å²) in [5, 5.41) is 0. The number of sulfonamides is 1.